The van der Waals surface area contributed by atoms with Crippen LogP contribution >= 0.6 is 10.5 Å². The van der Waals surface area contributed by atoms with Crippen LogP contribution in [0.3, 0.4) is 0 Å². The average Bonchev–Trinajstić information content (AvgIpc) is 3.51. The number of likely N-dealkylation sites (tertiary alicyclic amines) is 1. The third-order valence-corrected chi connectivity index (χ3v) is 7.45. The van der Waals surface area contributed by atoms with Crippen LogP contribution in [0, 0.1) is 0 Å². The van der Waals surface area contributed by atoms with Crippen molar-refractivity contribution in [2.24, 2.45) is 0 Å². The van der Waals surface area contributed by atoms with Crippen molar-refractivity contribution in [3.8, 4) is 5.69 Å². The van der Waals surface area contributed by atoms with Gasteiger partial charge < -0.3 is 19.5 Å². The summed E-state index contributed by atoms with van der Waals surface area (Å²) in [5.74, 6) is 4.65. The molecule has 7 nitrogen and oxygen atoms in total. The summed E-state index contributed by atoms with van der Waals surface area (Å²) in [6.07, 6.45) is 7.61. The number of aromatic nitrogens is 3. The number of nitrogens with zero attached hydrogens (tertiary/aromatic N) is 4. The highest BCUT2D eigenvalue weighted by atomic mass is 32.2. The van der Waals surface area contributed by atoms with Crippen molar-refractivity contribution in [3.05, 3.63) is 72.6 Å². The maximum Gasteiger partial charge on any atom is 0.410 e. The Kier molecular flexibility index (Phi) is 6.77. The van der Waals surface area contributed by atoms with E-state index in [4.69, 9.17) is 9.72 Å². The third-order valence-electron chi connectivity index (χ3n) is 6.38. The Morgan fingerprint density at radius 1 is 1.11 bits per heavy atom. The van der Waals surface area contributed by atoms with Gasteiger partial charge in [-0.15, -0.1) is 0 Å². The topological polar surface area (TPSA) is 72.3 Å². The Morgan fingerprint density at radius 3 is 2.51 bits per heavy atom. The molecule has 2 aromatic heterocycles. The summed E-state index contributed by atoms with van der Waals surface area (Å²) >= 11 is 0. The molecule has 0 aliphatic carbocycles. The van der Waals surface area contributed by atoms with Crippen molar-refractivity contribution in [2.75, 3.05) is 18.1 Å². The van der Waals surface area contributed by atoms with E-state index in [1.807, 2.05) is 56.3 Å². The van der Waals surface area contributed by atoms with Gasteiger partial charge in [-0.05, 0) is 87.9 Å². The zero-order chi connectivity index (χ0) is 26.2. The van der Waals surface area contributed by atoms with Gasteiger partial charge in [0.05, 0.1) is 6.04 Å². The Hall–Kier alpha value is -3.65. The number of anilines is 2. The second kappa shape index (κ2) is 10.0. The van der Waals surface area contributed by atoms with Gasteiger partial charge in [0.2, 0.25) is 5.95 Å². The number of hydrogen-bond donors (Lipinski definition) is 1. The molecule has 5 rings (SSSR count). The quantitative estimate of drug-likeness (QED) is 0.292. The minimum absolute atomic E-state index is 0.0195. The standard InChI is InChI=1S/C29H33N5O2S/c1-29(2,3)36-28(35)34-17-6-7-25(34)20-8-10-22(11-9-20)31-27-30-19-21-16-18-33(26(21)32-27)23-12-14-24(15-13-23)37(4)5/h8-16,18-19,25H,4,6-7,17H2,1-3,5H3,(H,30,31,32). The summed E-state index contributed by atoms with van der Waals surface area (Å²) in [5, 5.41) is 4.30. The van der Waals surface area contributed by atoms with E-state index in [-0.39, 0.29) is 22.6 Å². The van der Waals surface area contributed by atoms with E-state index >= 15 is 0 Å². The number of amides is 1. The van der Waals surface area contributed by atoms with Gasteiger partial charge in [-0.25, -0.2) is 9.78 Å². The molecule has 0 saturated carbocycles. The van der Waals surface area contributed by atoms with E-state index in [0.29, 0.717) is 12.5 Å². The van der Waals surface area contributed by atoms with E-state index < -0.39 is 5.60 Å². The van der Waals surface area contributed by atoms with Crippen molar-refractivity contribution in [3.63, 3.8) is 0 Å². The predicted molar refractivity (Wildman–Crippen MR) is 152 cm³/mol. The molecule has 2 atom stereocenters. The molecule has 2 aromatic carbocycles. The highest BCUT2D eigenvalue weighted by molar-refractivity contribution is 8.13. The highest BCUT2D eigenvalue weighted by Gasteiger charge is 2.33. The number of ether oxygens (including phenoxy) is 1. The summed E-state index contributed by atoms with van der Waals surface area (Å²) in [6.45, 7) is 6.40. The van der Waals surface area contributed by atoms with Gasteiger partial charge in [0, 0.05) is 40.6 Å². The molecule has 1 aliphatic rings. The summed E-state index contributed by atoms with van der Waals surface area (Å²) in [5.41, 5.74) is 3.36. The van der Waals surface area contributed by atoms with Crippen molar-refractivity contribution >= 4 is 45.1 Å². The first-order valence-corrected chi connectivity index (χ1v) is 14.2. The Bertz CT molecular complexity index is 1440. The Morgan fingerprint density at radius 2 is 1.84 bits per heavy atom. The molecule has 1 amide bonds. The molecular formula is C29H33N5O2S. The number of hydrogen-bond acceptors (Lipinski definition) is 5. The largest absolute Gasteiger partial charge is 0.444 e. The smallest absolute Gasteiger partial charge is 0.410 e. The van der Waals surface area contributed by atoms with Crippen LogP contribution < -0.4 is 5.32 Å². The number of carbonyl (C=O) groups excluding carboxylic acids is 1. The highest BCUT2D eigenvalue weighted by Crippen LogP contribution is 2.34. The molecule has 192 valence electrons. The van der Waals surface area contributed by atoms with Crippen LogP contribution in [0.25, 0.3) is 16.7 Å². The molecule has 1 fully saturated rings. The monoisotopic (exact) mass is 515 g/mol. The lowest BCUT2D eigenvalue weighted by Crippen LogP contribution is -2.36. The van der Waals surface area contributed by atoms with Crippen LogP contribution in [0.2, 0.25) is 0 Å². The van der Waals surface area contributed by atoms with Gasteiger partial charge in [-0.1, -0.05) is 18.0 Å². The second-order valence-electron chi connectivity index (χ2n) is 10.4. The average molecular weight is 516 g/mol. The van der Waals surface area contributed by atoms with Crippen LogP contribution in [-0.2, 0) is 4.74 Å². The van der Waals surface area contributed by atoms with Crippen LogP contribution in [0.1, 0.15) is 45.2 Å². The Labute approximate surface area is 220 Å². The van der Waals surface area contributed by atoms with Crippen molar-refractivity contribution in [1.82, 2.24) is 19.4 Å². The lowest BCUT2D eigenvalue weighted by Gasteiger charge is -2.29. The van der Waals surface area contributed by atoms with Gasteiger partial charge in [0.25, 0.3) is 0 Å². The predicted octanol–water partition coefficient (Wildman–Crippen LogP) is 6.93. The number of rotatable bonds is 5. The van der Waals surface area contributed by atoms with Crippen molar-refractivity contribution in [1.29, 1.82) is 0 Å². The summed E-state index contributed by atoms with van der Waals surface area (Å²) in [6, 6.07) is 18.6. The van der Waals surface area contributed by atoms with Gasteiger partial charge in [-0.2, -0.15) is 15.5 Å². The first-order chi connectivity index (χ1) is 17.7. The molecule has 8 heteroatoms. The minimum Gasteiger partial charge on any atom is -0.444 e. The molecule has 3 heterocycles. The Balaban J connectivity index is 1.33. The number of carbonyl (C=O) groups is 1. The lowest BCUT2D eigenvalue weighted by atomic mass is 10.0. The van der Waals surface area contributed by atoms with Gasteiger partial charge in [-0.3, -0.25) is 0 Å². The molecule has 1 N–H and O–H groups in total. The summed E-state index contributed by atoms with van der Waals surface area (Å²) in [4.78, 5) is 25.0. The van der Waals surface area contributed by atoms with Crippen LogP contribution in [0.15, 0.2) is 71.9 Å². The zero-order valence-electron chi connectivity index (χ0n) is 21.8. The number of benzene rings is 2. The molecule has 0 spiro atoms. The van der Waals surface area contributed by atoms with Gasteiger partial charge in [0.15, 0.2) is 0 Å². The van der Waals surface area contributed by atoms with E-state index in [9.17, 15) is 4.79 Å². The molecule has 0 bridgehead atoms. The molecule has 1 saturated heterocycles. The van der Waals surface area contributed by atoms with Gasteiger partial charge >= 0.3 is 6.09 Å². The molecule has 4 aromatic rings. The van der Waals surface area contributed by atoms with Crippen molar-refractivity contribution < 1.29 is 9.53 Å². The summed E-state index contributed by atoms with van der Waals surface area (Å²) in [7, 11) is -0.0195. The normalized spacial score (nSPS) is 16.6. The maximum absolute atomic E-state index is 12.7. The van der Waals surface area contributed by atoms with Crippen LogP contribution in [0.5, 0.6) is 0 Å². The maximum atomic E-state index is 12.7. The minimum atomic E-state index is -0.506. The zero-order valence-corrected chi connectivity index (χ0v) is 22.6. The van der Waals surface area contributed by atoms with E-state index in [1.165, 1.54) is 4.90 Å². The fourth-order valence-corrected chi connectivity index (χ4v) is 5.20. The molecule has 0 radical (unpaired) electrons. The fourth-order valence-electron chi connectivity index (χ4n) is 4.60. The van der Waals surface area contributed by atoms with Crippen molar-refractivity contribution in [2.45, 2.75) is 50.2 Å². The first kappa shape index (κ1) is 25.0. The lowest BCUT2D eigenvalue weighted by molar-refractivity contribution is 0.0224. The molecule has 37 heavy (non-hydrogen) atoms. The number of fused-ring (bicyclic) bond motifs is 1. The van der Waals surface area contributed by atoms with E-state index in [2.05, 4.69) is 63.4 Å². The number of nitrogens with one attached hydrogen (secondary N) is 1. The fraction of sp³-hybridized carbons (Fsp3) is 0.310. The van der Waals surface area contributed by atoms with Gasteiger partial charge in [0.1, 0.15) is 11.2 Å². The molecular weight excluding hydrogens is 482 g/mol. The van der Waals surface area contributed by atoms with E-state index in [0.717, 1.165) is 40.8 Å². The SMILES string of the molecule is C=S(C)c1ccc(-n2ccc3cnc(Nc4ccc(C5CCCN5C(=O)OC(C)(C)C)cc4)nc32)cc1. The van der Waals surface area contributed by atoms with E-state index in [1.54, 1.807) is 0 Å². The second-order valence-corrected chi connectivity index (χ2v) is 12.1. The van der Waals surface area contributed by atoms with Crippen LogP contribution in [0.4, 0.5) is 16.4 Å². The van der Waals surface area contributed by atoms with Crippen LogP contribution in [-0.4, -0.2) is 49.8 Å². The third kappa shape index (κ3) is 5.54. The summed E-state index contributed by atoms with van der Waals surface area (Å²) < 4.78 is 7.68. The molecule has 1 aliphatic heterocycles. The first-order valence-electron chi connectivity index (χ1n) is 12.4. The molecule has 2 unspecified atom stereocenters.